The monoisotopic (exact) mass is 594 g/mol. The number of amidine groups is 1. The van der Waals surface area contributed by atoms with E-state index in [9.17, 15) is 31.2 Å². The minimum absolute atomic E-state index is 0.0363. The summed E-state index contributed by atoms with van der Waals surface area (Å²) in [5, 5.41) is 2.63. The van der Waals surface area contributed by atoms with Crippen molar-refractivity contribution in [2.75, 3.05) is 43.5 Å². The highest BCUT2D eigenvalue weighted by atomic mass is 32.2. The lowest BCUT2D eigenvalue weighted by Gasteiger charge is -2.34. The van der Waals surface area contributed by atoms with Crippen molar-refractivity contribution >= 4 is 33.4 Å². The molecule has 0 radical (unpaired) electrons. The van der Waals surface area contributed by atoms with Crippen molar-refractivity contribution in [2.24, 2.45) is 4.99 Å². The number of amides is 2. The third kappa shape index (κ3) is 6.39. The Bertz CT molecular complexity index is 1490. The first-order valence-electron chi connectivity index (χ1n) is 13.1. The molecule has 0 unspecified atom stereocenters. The highest BCUT2D eigenvalue weighted by molar-refractivity contribution is 7.89. The number of alkyl halides is 3. The van der Waals surface area contributed by atoms with E-state index in [-0.39, 0.29) is 62.0 Å². The van der Waals surface area contributed by atoms with Gasteiger partial charge in [-0.3, -0.25) is 14.6 Å². The molecular formula is C27H29F3N4O6S. The smallest absolute Gasteiger partial charge is 0.406 e. The Morgan fingerprint density at radius 1 is 1.10 bits per heavy atom. The summed E-state index contributed by atoms with van der Waals surface area (Å²) in [5.41, 5.74) is 1.55. The predicted molar refractivity (Wildman–Crippen MR) is 143 cm³/mol. The molecule has 3 aliphatic rings. The number of nitrogens with one attached hydrogen (secondary N) is 1. The maximum absolute atomic E-state index is 13.2. The molecule has 2 fully saturated rings. The molecule has 10 nitrogen and oxygen atoms in total. The lowest BCUT2D eigenvalue weighted by atomic mass is 9.89. The van der Waals surface area contributed by atoms with Gasteiger partial charge >= 0.3 is 6.36 Å². The summed E-state index contributed by atoms with van der Waals surface area (Å²) in [7, 11) is -3.64. The summed E-state index contributed by atoms with van der Waals surface area (Å²) in [5.74, 6) is -0.972. The lowest BCUT2D eigenvalue weighted by molar-refractivity contribution is -0.274. The number of sulfonamides is 1. The quantitative estimate of drug-likeness (QED) is 0.527. The average molecular weight is 595 g/mol. The average Bonchev–Trinajstić information content (AvgIpc) is 3.23. The van der Waals surface area contributed by atoms with Gasteiger partial charge < -0.3 is 19.7 Å². The third-order valence-corrected chi connectivity index (χ3v) is 9.39. The Hall–Kier alpha value is -3.49. The maximum Gasteiger partial charge on any atom is 0.573 e. The van der Waals surface area contributed by atoms with Gasteiger partial charge in [-0.05, 0) is 61.6 Å². The van der Waals surface area contributed by atoms with E-state index in [1.54, 1.807) is 4.90 Å². The maximum atomic E-state index is 13.2. The molecule has 14 heteroatoms. The first-order valence-corrected chi connectivity index (χ1v) is 14.7. The van der Waals surface area contributed by atoms with Crippen molar-refractivity contribution in [1.29, 1.82) is 0 Å². The highest BCUT2D eigenvalue weighted by Gasteiger charge is 2.47. The number of hydrogen-bond donors (Lipinski definition) is 1. The van der Waals surface area contributed by atoms with Gasteiger partial charge in [0, 0.05) is 30.9 Å². The number of rotatable bonds is 7. The van der Waals surface area contributed by atoms with E-state index in [0.717, 1.165) is 28.9 Å². The van der Waals surface area contributed by atoms with Crippen LogP contribution in [0.2, 0.25) is 0 Å². The van der Waals surface area contributed by atoms with E-state index in [1.807, 2.05) is 25.1 Å². The van der Waals surface area contributed by atoms with Crippen molar-refractivity contribution in [3.05, 3.63) is 59.2 Å². The van der Waals surface area contributed by atoms with Crippen LogP contribution in [0, 0.1) is 6.92 Å². The van der Waals surface area contributed by atoms with Gasteiger partial charge in [0.15, 0.2) is 0 Å². The Balaban J connectivity index is 1.21. The van der Waals surface area contributed by atoms with Gasteiger partial charge in [-0.1, -0.05) is 18.2 Å². The fourth-order valence-corrected chi connectivity index (χ4v) is 6.73. The summed E-state index contributed by atoms with van der Waals surface area (Å²) in [4.78, 5) is 31.2. The van der Waals surface area contributed by atoms with Gasteiger partial charge in [-0.2, -0.15) is 0 Å². The molecule has 41 heavy (non-hydrogen) atoms. The molecule has 220 valence electrons. The molecule has 1 spiro atoms. The molecule has 0 bridgehead atoms. The summed E-state index contributed by atoms with van der Waals surface area (Å²) in [6, 6.07) is 10.7. The molecule has 2 saturated heterocycles. The van der Waals surface area contributed by atoms with Gasteiger partial charge in [0.2, 0.25) is 10.0 Å². The molecule has 0 atom stereocenters. The molecule has 0 aliphatic carbocycles. The van der Waals surface area contributed by atoms with Crippen LogP contribution in [0.25, 0.3) is 0 Å². The zero-order chi connectivity index (χ0) is 29.4. The molecule has 3 aliphatic heterocycles. The van der Waals surface area contributed by atoms with Crippen LogP contribution in [-0.2, 0) is 30.8 Å². The number of nitrogens with zero attached hydrogens (tertiary/aromatic N) is 3. The summed E-state index contributed by atoms with van der Waals surface area (Å²) in [6.07, 6.45) is -4.29. The topological polar surface area (TPSA) is 118 Å². The van der Waals surface area contributed by atoms with Crippen molar-refractivity contribution in [2.45, 2.75) is 38.1 Å². The fraction of sp³-hybridized carbons (Fsp3) is 0.444. The molecule has 2 amide bonds. The lowest BCUT2D eigenvalue weighted by Crippen LogP contribution is -2.50. The molecule has 0 aromatic heterocycles. The van der Waals surface area contributed by atoms with E-state index in [0.29, 0.717) is 13.2 Å². The second-order valence-electron chi connectivity index (χ2n) is 10.2. The Kier molecular flexibility index (Phi) is 7.83. The van der Waals surface area contributed by atoms with Crippen molar-refractivity contribution in [3.63, 3.8) is 0 Å². The van der Waals surface area contributed by atoms with Gasteiger partial charge in [0.1, 0.15) is 23.7 Å². The first kappa shape index (κ1) is 29.0. The largest absolute Gasteiger partial charge is 0.573 e. The van der Waals surface area contributed by atoms with Crippen LogP contribution in [0.5, 0.6) is 5.75 Å². The summed E-state index contributed by atoms with van der Waals surface area (Å²) < 4.78 is 74.6. The number of piperidine rings is 1. The van der Waals surface area contributed by atoms with Crippen LogP contribution in [-0.4, -0.2) is 80.9 Å². The standard InChI is InChI=1S/C27H29F3N4O6S/c1-18-15-21(34-12-13-39-17-23(34)35)6-5-19(18)7-14-41(37,38)33-10-8-26(9-11-33)25(36)31-24(32-26)20-3-2-4-22(16-20)40-27(28,29)30/h2-6,15-16H,7-14,17H2,1H3,(H,31,32,36). The van der Waals surface area contributed by atoms with Gasteiger partial charge in [-0.15, -0.1) is 13.2 Å². The number of anilines is 1. The SMILES string of the molecule is Cc1cc(N2CCOCC2=O)ccc1CCS(=O)(=O)N1CCC2(CC1)N=C(c1cccc(OC(F)(F)F)c1)NC2=O. The zero-order valence-corrected chi connectivity index (χ0v) is 23.1. The van der Waals surface area contributed by atoms with Crippen LogP contribution in [0.3, 0.4) is 0 Å². The summed E-state index contributed by atoms with van der Waals surface area (Å²) >= 11 is 0. The molecule has 3 heterocycles. The van der Waals surface area contributed by atoms with Crippen LogP contribution in [0.4, 0.5) is 18.9 Å². The van der Waals surface area contributed by atoms with Crippen LogP contribution in [0.15, 0.2) is 47.5 Å². The van der Waals surface area contributed by atoms with Gasteiger partial charge in [0.05, 0.1) is 12.4 Å². The molecule has 0 saturated carbocycles. The molecular weight excluding hydrogens is 565 g/mol. The normalized spacial score (nSPS) is 19.8. The highest BCUT2D eigenvalue weighted by Crippen LogP contribution is 2.33. The van der Waals surface area contributed by atoms with Crippen molar-refractivity contribution < 1.29 is 40.7 Å². The van der Waals surface area contributed by atoms with Crippen molar-refractivity contribution in [3.8, 4) is 5.75 Å². The molecule has 2 aromatic rings. The Morgan fingerprint density at radius 3 is 2.54 bits per heavy atom. The minimum Gasteiger partial charge on any atom is -0.406 e. The molecule has 1 N–H and O–H groups in total. The van der Waals surface area contributed by atoms with E-state index >= 15 is 0 Å². The van der Waals surface area contributed by atoms with Gasteiger partial charge in [-0.25, -0.2) is 12.7 Å². The predicted octanol–water partition coefficient (Wildman–Crippen LogP) is 2.54. The van der Waals surface area contributed by atoms with E-state index in [4.69, 9.17) is 4.74 Å². The number of ether oxygens (including phenoxy) is 2. The van der Waals surface area contributed by atoms with Crippen LogP contribution in [0.1, 0.15) is 29.5 Å². The Morgan fingerprint density at radius 2 is 1.85 bits per heavy atom. The van der Waals surface area contributed by atoms with Crippen LogP contribution < -0.4 is 15.0 Å². The minimum atomic E-state index is -4.86. The number of carbonyl (C=O) groups is 2. The third-order valence-electron chi connectivity index (χ3n) is 7.52. The Labute approximate surface area is 235 Å². The number of halogens is 3. The zero-order valence-electron chi connectivity index (χ0n) is 22.2. The number of aryl methyl sites for hydroxylation is 2. The van der Waals surface area contributed by atoms with E-state index in [2.05, 4.69) is 15.0 Å². The second-order valence-corrected chi connectivity index (χ2v) is 12.3. The number of morpholine rings is 1. The fourth-order valence-electron chi connectivity index (χ4n) is 5.25. The number of hydrogen-bond acceptors (Lipinski definition) is 7. The number of carbonyl (C=O) groups excluding carboxylic acids is 2. The first-order chi connectivity index (χ1) is 19.4. The second kappa shape index (κ2) is 11.1. The van der Waals surface area contributed by atoms with Crippen molar-refractivity contribution in [1.82, 2.24) is 9.62 Å². The van der Waals surface area contributed by atoms with E-state index < -0.39 is 33.6 Å². The molecule has 2 aromatic carbocycles. The van der Waals surface area contributed by atoms with E-state index in [1.165, 1.54) is 16.4 Å². The number of benzene rings is 2. The summed E-state index contributed by atoms with van der Waals surface area (Å²) in [6.45, 7) is 3.00. The molecule has 5 rings (SSSR count). The number of aliphatic imine (C=N–C) groups is 1. The van der Waals surface area contributed by atoms with Crippen LogP contribution >= 0.6 is 0 Å². The van der Waals surface area contributed by atoms with Gasteiger partial charge in [0.25, 0.3) is 11.8 Å².